The van der Waals surface area contributed by atoms with Crippen molar-refractivity contribution in [3.05, 3.63) is 34.4 Å². The largest absolute Gasteiger partial charge is 0.465 e. The monoisotopic (exact) mass is 560 g/mol. The van der Waals surface area contributed by atoms with Gasteiger partial charge in [0.15, 0.2) is 5.78 Å². The van der Waals surface area contributed by atoms with Crippen LogP contribution in [0.1, 0.15) is 77.1 Å². The number of nitrogens with one attached hydrogen (secondary N) is 3. The molecule has 9 heteroatoms. The van der Waals surface area contributed by atoms with Crippen LogP contribution < -0.4 is 16.0 Å². The van der Waals surface area contributed by atoms with E-state index < -0.39 is 12.1 Å². The first-order valence-corrected chi connectivity index (χ1v) is 13.3. The number of pyridine rings is 1. The third-order valence-electron chi connectivity index (χ3n) is 6.70. The maximum Gasteiger partial charge on any atom is 0.405 e. The van der Waals surface area contributed by atoms with E-state index in [1.54, 1.807) is 13.1 Å². The Labute approximate surface area is 221 Å². The number of amides is 2. The quantitative estimate of drug-likeness (QED) is 0.305. The van der Waals surface area contributed by atoms with Crippen LogP contribution in [0.15, 0.2) is 28.9 Å². The Morgan fingerprint density at radius 2 is 1.78 bits per heavy atom. The van der Waals surface area contributed by atoms with Crippen LogP contribution in [0.2, 0.25) is 0 Å². The molecule has 2 amide bonds. The summed E-state index contributed by atoms with van der Waals surface area (Å²) in [6.07, 6.45) is 4.31. The Morgan fingerprint density at radius 1 is 1.14 bits per heavy atom. The molecule has 0 aliphatic heterocycles. The number of carbonyl (C=O) groups is 3. The van der Waals surface area contributed by atoms with Crippen LogP contribution in [-0.4, -0.2) is 46.0 Å². The Morgan fingerprint density at radius 3 is 2.36 bits per heavy atom. The molecule has 2 unspecified atom stereocenters. The fourth-order valence-corrected chi connectivity index (χ4v) is 5.51. The molecule has 0 bridgehead atoms. The maximum atomic E-state index is 13.0. The van der Waals surface area contributed by atoms with Gasteiger partial charge in [-0.2, -0.15) is 0 Å². The molecule has 196 valence electrons. The number of hydrogen-bond donors (Lipinski definition) is 4. The van der Waals surface area contributed by atoms with Crippen LogP contribution >= 0.6 is 15.9 Å². The molecule has 0 saturated heterocycles. The van der Waals surface area contributed by atoms with Crippen molar-refractivity contribution in [2.75, 3.05) is 5.32 Å². The van der Waals surface area contributed by atoms with Gasteiger partial charge in [0.25, 0.3) is 0 Å². The summed E-state index contributed by atoms with van der Waals surface area (Å²) in [5, 5.41) is 19.3. The SMILES string of the molecule is CC(=O)c1cnc2ccc(Br)cc2c1NC1CCC(NC(=O)C(NC(=O)O)C(C)CC(C)(C)C)CC1. The molecule has 1 aliphatic carbocycles. The summed E-state index contributed by atoms with van der Waals surface area (Å²) in [6.45, 7) is 9.69. The van der Waals surface area contributed by atoms with E-state index in [0.717, 1.165) is 53.2 Å². The summed E-state index contributed by atoms with van der Waals surface area (Å²) in [7, 11) is 0. The predicted octanol–water partition coefficient (Wildman–Crippen LogP) is 5.75. The Balaban J connectivity index is 1.66. The minimum atomic E-state index is -1.19. The Kier molecular flexibility index (Phi) is 8.98. The summed E-state index contributed by atoms with van der Waals surface area (Å²) in [4.78, 5) is 41.1. The van der Waals surface area contributed by atoms with E-state index >= 15 is 0 Å². The number of Topliss-reactive ketones (excluding diaryl/α,β-unsaturated/α-hetero) is 1. The summed E-state index contributed by atoms with van der Waals surface area (Å²) in [5.74, 6) is -0.452. The van der Waals surface area contributed by atoms with E-state index in [4.69, 9.17) is 0 Å². The van der Waals surface area contributed by atoms with Gasteiger partial charge in [-0.3, -0.25) is 14.6 Å². The smallest absolute Gasteiger partial charge is 0.405 e. The van der Waals surface area contributed by atoms with Gasteiger partial charge in [-0.1, -0.05) is 43.6 Å². The number of nitrogens with zero attached hydrogens (tertiary/aromatic N) is 1. The molecular weight excluding hydrogens is 524 g/mol. The van der Waals surface area contributed by atoms with Gasteiger partial charge in [0, 0.05) is 28.1 Å². The molecule has 1 aromatic carbocycles. The normalized spacial score (nSPS) is 19.8. The lowest BCUT2D eigenvalue weighted by Gasteiger charge is -2.33. The van der Waals surface area contributed by atoms with Crippen LogP contribution in [0.4, 0.5) is 10.5 Å². The Hall–Kier alpha value is -2.68. The average Bonchev–Trinajstić information content (AvgIpc) is 2.77. The first-order chi connectivity index (χ1) is 16.8. The van der Waals surface area contributed by atoms with Gasteiger partial charge >= 0.3 is 6.09 Å². The zero-order chi connectivity index (χ0) is 26.6. The zero-order valence-electron chi connectivity index (χ0n) is 21.7. The molecule has 3 rings (SSSR count). The Bertz CT molecular complexity index is 1120. The molecule has 2 atom stereocenters. The molecule has 1 fully saturated rings. The van der Waals surface area contributed by atoms with E-state index in [9.17, 15) is 19.5 Å². The number of carboxylic acid groups (broad SMARTS) is 1. The molecule has 36 heavy (non-hydrogen) atoms. The molecule has 1 aliphatic rings. The van der Waals surface area contributed by atoms with Gasteiger partial charge in [0.05, 0.1) is 16.8 Å². The number of carbonyl (C=O) groups excluding carboxylic acids is 2. The second kappa shape index (κ2) is 11.6. The first-order valence-electron chi connectivity index (χ1n) is 12.5. The van der Waals surface area contributed by atoms with Crippen LogP contribution in [0.5, 0.6) is 0 Å². The van der Waals surface area contributed by atoms with Gasteiger partial charge in [-0.15, -0.1) is 0 Å². The second-order valence-corrected chi connectivity index (χ2v) is 12.1. The highest BCUT2D eigenvalue weighted by Crippen LogP contribution is 2.32. The summed E-state index contributed by atoms with van der Waals surface area (Å²) < 4.78 is 0.914. The number of halogens is 1. The lowest BCUT2D eigenvalue weighted by Crippen LogP contribution is -2.53. The molecule has 8 nitrogen and oxygen atoms in total. The average molecular weight is 562 g/mol. The number of anilines is 1. The molecular formula is C27H37BrN4O4. The van der Waals surface area contributed by atoms with Crippen LogP contribution in [0, 0.1) is 11.3 Å². The number of fused-ring (bicyclic) bond motifs is 1. The van der Waals surface area contributed by atoms with Crippen molar-refractivity contribution >= 4 is 50.3 Å². The fraction of sp³-hybridized carbons (Fsp3) is 0.556. The van der Waals surface area contributed by atoms with Gasteiger partial charge in [-0.25, -0.2) is 4.79 Å². The lowest BCUT2D eigenvalue weighted by molar-refractivity contribution is -0.125. The molecule has 0 radical (unpaired) electrons. The van der Waals surface area contributed by atoms with Crippen molar-refractivity contribution in [2.24, 2.45) is 11.3 Å². The highest BCUT2D eigenvalue weighted by Gasteiger charge is 2.32. The highest BCUT2D eigenvalue weighted by molar-refractivity contribution is 9.10. The zero-order valence-corrected chi connectivity index (χ0v) is 23.2. The van der Waals surface area contributed by atoms with Crippen molar-refractivity contribution in [3.63, 3.8) is 0 Å². The first kappa shape index (κ1) is 27.9. The number of aromatic nitrogens is 1. The molecule has 4 N–H and O–H groups in total. The summed E-state index contributed by atoms with van der Waals surface area (Å²) in [6, 6.07) is 5.15. The third kappa shape index (κ3) is 7.41. The standard InChI is InChI=1S/C27H37BrN4O4/c1-15(13-27(3,4)5)23(32-26(35)36)25(34)31-19-9-7-18(8-10-19)30-24-20-12-17(28)6-11-22(20)29-14-21(24)16(2)33/h6,11-12,14-15,18-19,23,32H,7-10,13H2,1-5H3,(H,29,30)(H,31,34)(H,35,36). The van der Waals surface area contributed by atoms with E-state index in [2.05, 4.69) is 57.6 Å². The molecule has 1 heterocycles. The third-order valence-corrected chi connectivity index (χ3v) is 7.19. The van der Waals surface area contributed by atoms with Crippen molar-refractivity contribution in [3.8, 4) is 0 Å². The number of ketones is 1. The molecule has 1 aromatic heterocycles. The number of rotatable bonds is 8. The van der Waals surface area contributed by atoms with Gasteiger partial charge in [0.1, 0.15) is 6.04 Å². The van der Waals surface area contributed by atoms with Gasteiger partial charge in [-0.05, 0) is 68.6 Å². The lowest BCUT2D eigenvalue weighted by atomic mass is 9.82. The van der Waals surface area contributed by atoms with Gasteiger partial charge in [0.2, 0.25) is 5.91 Å². The summed E-state index contributed by atoms with van der Waals surface area (Å²) >= 11 is 3.51. The van der Waals surface area contributed by atoms with E-state index in [1.165, 1.54) is 0 Å². The predicted molar refractivity (Wildman–Crippen MR) is 145 cm³/mol. The van der Waals surface area contributed by atoms with E-state index in [1.807, 2.05) is 25.1 Å². The van der Waals surface area contributed by atoms with Crippen molar-refractivity contribution in [1.82, 2.24) is 15.6 Å². The van der Waals surface area contributed by atoms with Crippen molar-refractivity contribution < 1.29 is 19.5 Å². The molecule has 0 spiro atoms. The highest BCUT2D eigenvalue weighted by atomic mass is 79.9. The minimum absolute atomic E-state index is 0.0205. The minimum Gasteiger partial charge on any atom is -0.465 e. The summed E-state index contributed by atoms with van der Waals surface area (Å²) in [5.41, 5.74) is 2.15. The van der Waals surface area contributed by atoms with E-state index in [-0.39, 0.29) is 35.1 Å². The van der Waals surface area contributed by atoms with Crippen molar-refractivity contribution in [1.29, 1.82) is 0 Å². The number of benzene rings is 1. The van der Waals surface area contributed by atoms with Crippen LogP contribution in [0.25, 0.3) is 10.9 Å². The number of hydrogen-bond acceptors (Lipinski definition) is 5. The second-order valence-electron chi connectivity index (χ2n) is 11.1. The molecule has 1 saturated carbocycles. The van der Waals surface area contributed by atoms with Crippen LogP contribution in [0.3, 0.4) is 0 Å². The van der Waals surface area contributed by atoms with E-state index in [0.29, 0.717) is 5.56 Å². The maximum absolute atomic E-state index is 13.0. The topological polar surface area (TPSA) is 120 Å². The molecule has 2 aromatic rings. The fourth-order valence-electron chi connectivity index (χ4n) is 5.15. The van der Waals surface area contributed by atoms with Crippen molar-refractivity contribution in [2.45, 2.75) is 84.8 Å². The van der Waals surface area contributed by atoms with Gasteiger partial charge < -0.3 is 21.1 Å². The van der Waals surface area contributed by atoms with Crippen LogP contribution in [-0.2, 0) is 4.79 Å².